The molecule has 0 saturated heterocycles. The summed E-state index contributed by atoms with van der Waals surface area (Å²) in [6.07, 6.45) is 1.63. The van der Waals surface area contributed by atoms with Crippen LogP contribution in [0.5, 0.6) is 0 Å². The maximum Gasteiger partial charge on any atom is 0.133 e. The molecule has 3 nitrogen and oxygen atoms in total. The second-order valence-electron chi connectivity index (χ2n) is 3.46. The molecule has 1 aliphatic rings. The van der Waals surface area contributed by atoms with Gasteiger partial charge in [0.05, 0.1) is 12.2 Å². The van der Waals surface area contributed by atoms with Crippen molar-refractivity contribution in [2.45, 2.75) is 38.4 Å². The van der Waals surface area contributed by atoms with Crippen LogP contribution < -0.4 is 0 Å². The van der Waals surface area contributed by atoms with Gasteiger partial charge in [-0.15, -0.1) is 0 Å². The Balaban J connectivity index is 2.49. The van der Waals surface area contributed by atoms with E-state index in [1.807, 2.05) is 0 Å². The number of methoxy groups -OCH3 is 1. The minimum Gasteiger partial charge on any atom is -0.390 e. The largest absolute Gasteiger partial charge is 0.390 e. The molecular weight excluding hydrogens is 156 g/mol. The van der Waals surface area contributed by atoms with Gasteiger partial charge in [0.15, 0.2) is 0 Å². The first-order chi connectivity index (χ1) is 5.65. The molecule has 1 aliphatic carbocycles. The summed E-state index contributed by atoms with van der Waals surface area (Å²) in [5.74, 6) is 0.308. The number of ketones is 1. The number of hydrogen-bond acceptors (Lipinski definition) is 3. The average Bonchev–Trinajstić information content (AvgIpc) is 2.05. The normalized spacial score (nSPS) is 36.4. The zero-order valence-corrected chi connectivity index (χ0v) is 7.62. The monoisotopic (exact) mass is 172 g/mol. The molecule has 0 aliphatic heterocycles. The van der Waals surface area contributed by atoms with Crippen molar-refractivity contribution in [3.63, 3.8) is 0 Å². The van der Waals surface area contributed by atoms with Gasteiger partial charge in [0.2, 0.25) is 0 Å². The quantitative estimate of drug-likeness (QED) is 0.668. The molecule has 0 spiro atoms. The molecule has 1 fully saturated rings. The molecule has 0 radical (unpaired) electrons. The Morgan fingerprint density at radius 1 is 1.50 bits per heavy atom. The summed E-state index contributed by atoms with van der Waals surface area (Å²) >= 11 is 0. The highest BCUT2D eigenvalue weighted by Crippen LogP contribution is 2.26. The number of carbonyl (C=O) groups is 1. The number of carbonyl (C=O) groups excluding carboxylic acids is 1. The number of Topliss-reactive ketones (excluding diaryl/α,β-unsaturated/α-hetero) is 1. The standard InChI is InChI=1S/C9H16O3/c1-6(10)7-3-4-8(11)9(5-7)12-2/h7-9,11H,3-5H2,1-2H3. The van der Waals surface area contributed by atoms with E-state index in [9.17, 15) is 9.90 Å². The van der Waals surface area contributed by atoms with Gasteiger partial charge in [-0.05, 0) is 26.2 Å². The van der Waals surface area contributed by atoms with Gasteiger partial charge in [0.1, 0.15) is 5.78 Å². The Morgan fingerprint density at radius 2 is 2.17 bits per heavy atom. The minimum atomic E-state index is -0.384. The average molecular weight is 172 g/mol. The molecule has 0 heterocycles. The van der Waals surface area contributed by atoms with E-state index in [-0.39, 0.29) is 23.9 Å². The van der Waals surface area contributed by atoms with Gasteiger partial charge in [0.25, 0.3) is 0 Å². The third kappa shape index (κ3) is 2.05. The fraction of sp³-hybridized carbons (Fsp3) is 0.889. The van der Waals surface area contributed by atoms with Crippen LogP contribution in [0.25, 0.3) is 0 Å². The van der Waals surface area contributed by atoms with E-state index in [1.54, 1.807) is 14.0 Å². The van der Waals surface area contributed by atoms with Gasteiger partial charge in [-0.1, -0.05) is 0 Å². The lowest BCUT2D eigenvalue weighted by molar-refractivity contribution is -0.126. The molecule has 0 aromatic rings. The predicted molar refractivity (Wildman–Crippen MR) is 44.8 cm³/mol. The first-order valence-electron chi connectivity index (χ1n) is 4.36. The van der Waals surface area contributed by atoms with Gasteiger partial charge >= 0.3 is 0 Å². The maximum absolute atomic E-state index is 11.0. The van der Waals surface area contributed by atoms with Crippen LogP contribution in [0, 0.1) is 5.92 Å². The van der Waals surface area contributed by atoms with E-state index in [1.165, 1.54) is 0 Å². The third-order valence-electron chi connectivity index (χ3n) is 2.63. The molecule has 0 aromatic carbocycles. The highest BCUT2D eigenvalue weighted by atomic mass is 16.5. The van der Waals surface area contributed by atoms with Crippen molar-refractivity contribution in [3.8, 4) is 0 Å². The van der Waals surface area contributed by atoms with Gasteiger partial charge in [-0.25, -0.2) is 0 Å². The van der Waals surface area contributed by atoms with E-state index in [2.05, 4.69) is 0 Å². The summed E-state index contributed by atoms with van der Waals surface area (Å²) in [5, 5.41) is 9.43. The van der Waals surface area contributed by atoms with Crippen LogP contribution in [0.1, 0.15) is 26.2 Å². The molecule has 0 aromatic heterocycles. The van der Waals surface area contributed by atoms with E-state index >= 15 is 0 Å². The van der Waals surface area contributed by atoms with Gasteiger partial charge in [-0.2, -0.15) is 0 Å². The maximum atomic E-state index is 11.0. The summed E-state index contributed by atoms with van der Waals surface area (Å²) < 4.78 is 5.08. The highest BCUT2D eigenvalue weighted by Gasteiger charge is 2.30. The molecule has 1 N–H and O–H groups in total. The van der Waals surface area contributed by atoms with Crippen LogP contribution in [0.2, 0.25) is 0 Å². The fourth-order valence-corrected chi connectivity index (χ4v) is 1.74. The Morgan fingerprint density at radius 3 is 2.67 bits per heavy atom. The van der Waals surface area contributed by atoms with E-state index < -0.39 is 0 Å². The molecule has 0 bridgehead atoms. The molecule has 0 amide bonds. The number of rotatable bonds is 2. The van der Waals surface area contributed by atoms with Crippen molar-refractivity contribution in [2.24, 2.45) is 5.92 Å². The molecular formula is C9H16O3. The lowest BCUT2D eigenvalue weighted by Gasteiger charge is -2.30. The second-order valence-corrected chi connectivity index (χ2v) is 3.46. The number of aliphatic hydroxyl groups is 1. The van der Waals surface area contributed by atoms with Gasteiger partial charge in [-0.3, -0.25) is 4.79 Å². The highest BCUT2D eigenvalue weighted by molar-refractivity contribution is 5.78. The Bertz CT molecular complexity index is 167. The van der Waals surface area contributed by atoms with E-state index in [0.717, 1.165) is 6.42 Å². The van der Waals surface area contributed by atoms with Crippen molar-refractivity contribution < 1.29 is 14.6 Å². The van der Waals surface area contributed by atoms with Gasteiger partial charge < -0.3 is 9.84 Å². The Kier molecular flexibility index (Phi) is 3.23. The van der Waals surface area contributed by atoms with Gasteiger partial charge in [0, 0.05) is 13.0 Å². The molecule has 12 heavy (non-hydrogen) atoms. The van der Waals surface area contributed by atoms with Crippen LogP contribution in [0.3, 0.4) is 0 Å². The summed E-state index contributed by atoms with van der Waals surface area (Å²) in [5.41, 5.74) is 0. The smallest absolute Gasteiger partial charge is 0.133 e. The number of hydrogen-bond donors (Lipinski definition) is 1. The first-order valence-corrected chi connectivity index (χ1v) is 4.36. The third-order valence-corrected chi connectivity index (χ3v) is 2.63. The van der Waals surface area contributed by atoms with Crippen LogP contribution >= 0.6 is 0 Å². The zero-order chi connectivity index (χ0) is 9.14. The molecule has 1 saturated carbocycles. The Hall–Kier alpha value is -0.410. The SMILES string of the molecule is COC1CC(C(C)=O)CCC1O. The summed E-state index contributed by atoms with van der Waals surface area (Å²) in [6.45, 7) is 1.61. The molecule has 3 atom stereocenters. The van der Waals surface area contributed by atoms with Crippen LogP contribution in [-0.2, 0) is 9.53 Å². The van der Waals surface area contributed by atoms with E-state index in [0.29, 0.717) is 12.8 Å². The minimum absolute atomic E-state index is 0.0957. The van der Waals surface area contributed by atoms with Crippen molar-refractivity contribution in [2.75, 3.05) is 7.11 Å². The lowest BCUT2D eigenvalue weighted by atomic mass is 9.83. The van der Waals surface area contributed by atoms with Crippen molar-refractivity contribution in [1.29, 1.82) is 0 Å². The number of aliphatic hydroxyl groups excluding tert-OH is 1. The summed E-state index contributed by atoms with van der Waals surface area (Å²) in [6, 6.07) is 0. The fourth-order valence-electron chi connectivity index (χ4n) is 1.74. The zero-order valence-electron chi connectivity index (χ0n) is 7.62. The molecule has 3 heteroatoms. The van der Waals surface area contributed by atoms with Crippen LogP contribution in [-0.4, -0.2) is 30.2 Å². The van der Waals surface area contributed by atoms with Crippen LogP contribution in [0.4, 0.5) is 0 Å². The lowest BCUT2D eigenvalue weighted by Crippen LogP contribution is -2.37. The van der Waals surface area contributed by atoms with Crippen molar-refractivity contribution in [3.05, 3.63) is 0 Å². The molecule has 70 valence electrons. The predicted octanol–water partition coefficient (Wildman–Crippen LogP) is 0.751. The summed E-state index contributed by atoms with van der Waals surface area (Å²) in [7, 11) is 1.58. The second kappa shape index (κ2) is 4.01. The van der Waals surface area contributed by atoms with Crippen LogP contribution in [0.15, 0.2) is 0 Å². The van der Waals surface area contributed by atoms with E-state index in [4.69, 9.17) is 4.74 Å². The molecule has 1 rings (SSSR count). The molecule has 3 unspecified atom stereocenters. The Labute approximate surface area is 72.7 Å². The number of ether oxygens (including phenoxy) is 1. The topological polar surface area (TPSA) is 46.5 Å². The van der Waals surface area contributed by atoms with Crippen molar-refractivity contribution >= 4 is 5.78 Å². The van der Waals surface area contributed by atoms with Crippen molar-refractivity contribution in [1.82, 2.24) is 0 Å². The first kappa shape index (κ1) is 9.68. The summed E-state index contributed by atoms with van der Waals surface area (Å²) in [4.78, 5) is 11.0.